The Kier molecular flexibility index (Phi) is 4.73. The molecule has 0 aromatic heterocycles. The number of benzene rings is 2. The summed E-state index contributed by atoms with van der Waals surface area (Å²) < 4.78 is 5.21. The standard InChI is InChI=1S/C16H16Cl2O/c1-11-6-7-13(10-15(11)17)16(18)9-12-4-3-5-14(8-12)19-2/h3-8,10,16H,9H2,1-2H3. The zero-order valence-corrected chi connectivity index (χ0v) is 12.5. The van der Waals surface area contributed by atoms with E-state index in [1.165, 1.54) is 0 Å². The first-order valence-corrected chi connectivity index (χ1v) is 6.94. The zero-order valence-electron chi connectivity index (χ0n) is 11.0. The van der Waals surface area contributed by atoms with E-state index < -0.39 is 0 Å². The average Bonchev–Trinajstić information content (AvgIpc) is 2.42. The van der Waals surface area contributed by atoms with E-state index in [1.807, 2.05) is 49.4 Å². The van der Waals surface area contributed by atoms with Crippen molar-refractivity contribution < 1.29 is 4.74 Å². The molecule has 19 heavy (non-hydrogen) atoms. The number of methoxy groups -OCH3 is 1. The van der Waals surface area contributed by atoms with E-state index in [2.05, 4.69) is 0 Å². The molecule has 100 valence electrons. The number of hydrogen-bond acceptors (Lipinski definition) is 1. The molecule has 0 saturated heterocycles. The molecule has 0 saturated carbocycles. The lowest BCUT2D eigenvalue weighted by atomic mass is 10.0. The number of aryl methyl sites for hydroxylation is 1. The minimum Gasteiger partial charge on any atom is -0.497 e. The second-order valence-electron chi connectivity index (χ2n) is 4.53. The molecule has 0 aliphatic heterocycles. The van der Waals surface area contributed by atoms with E-state index in [0.29, 0.717) is 0 Å². The number of ether oxygens (including phenoxy) is 1. The van der Waals surface area contributed by atoms with Crippen molar-refractivity contribution in [2.45, 2.75) is 18.7 Å². The van der Waals surface area contributed by atoms with Crippen LogP contribution in [-0.2, 0) is 6.42 Å². The van der Waals surface area contributed by atoms with Gasteiger partial charge in [0.05, 0.1) is 12.5 Å². The van der Waals surface area contributed by atoms with Crippen LogP contribution in [0, 0.1) is 6.92 Å². The molecule has 2 aromatic carbocycles. The minimum absolute atomic E-state index is 0.0924. The summed E-state index contributed by atoms with van der Waals surface area (Å²) in [7, 11) is 1.66. The summed E-state index contributed by atoms with van der Waals surface area (Å²) in [6, 6.07) is 13.9. The highest BCUT2D eigenvalue weighted by Crippen LogP contribution is 2.29. The van der Waals surface area contributed by atoms with Crippen LogP contribution >= 0.6 is 23.2 Å². The van der Waals surface area contributed by atoms with Crippen LogP contribution in [-0.4, -0.2) is 7.11 Å². The lowest BCUT2D eigenvalue weighted by Crippen LogP contribution is -1.97. The van der Waals surface area contributed by atoms with Crippen LogP contribution in [0.25, 0.3) is 0 Å². The van der Waals surface area contributed by atoms with Crippen molar-refractivity contribution in [1.29, 1.82) is 0 Å². The highest BCUT2D eigenvalue weighted by Gasteiger charge is 2.10. The predicted octanol–water partition coefficient (Wildman–Crippen LogP) is 5.18. The summed E-state index contributed by atoms with van der Waals surface area (Å²) in [6.45, 7) is 1.98. The van der Waals surface area contributed by atoms with E-state index in [9.17, 15) is 0 Å². The van der Waals surface area contributed by atoms with Crippen molar-refractivity contribution in [3.8, 4) is 5.75 Å². The fraction of sp³-hybridized carbons (Fsp3) is 0.250. The maximum absolute atomic E-state index is 6.46. The van der Waals surface area contributed by atoms with Gasteiger partial charge in [0.2, 0.25) is 0 Å². The van der Waals surface area contributed by atoms with E-state index >= 15 is 0 Å². The normalized spacial score (nSPS) is 12.2. The molecule has 0 heterocycles. The number of hydrogen-bond donors (Lipinski definition) is 0. The molecule has 0 aliphatic carbocycles. The van der Waals surface area contributed by atoms with Gasteiger partial charge in [0.25, 0.3) is 0 Å². The van der Waals surface area contributed by atoms with E-state index in [4.69, 9.17) is 27.9 Å². The lowest BCUT2D eigenvalue weighted by Gasteiger charge is -2.12. The zero-order chi connectivity index (χ0) is 13.8. The topological polar surface area (TPSA) is 9.23 Å². The van der Waals surface area contributed by atoms with Crippen molar-refractivity contribution in [1.82, 2.24) is 0 Å². The van der Waals surface area contributed by atoms with Crippen molar-refractivity contribution in [3.05, 3.63) is 64.2 Å². The molecule has 0 spiro atoms. The van der Waals surface area contributed by atoms with Crippen LogP contribution < -0.4 is 4.74 Å². The fourth-order valence-electron chi connectivity index (χ4n) is 1.93. The van der Waals surface area contributed by atoms with Gasteiger partial charge in [0, 0.05) is 5.02 Å². The quantitative estimate of drug-likeness (QED) is 0.706. The van der Waals surface area contributed by atoms with Gasteiger partial charge in [-0.2, -0.15) is 0 Å². The number of halogens is 2. The highest BCUT2D eigenvalue weighted by molar-refractivity contribution is 6.31. The van der Waals surface area contributed by atoms with Crippen molar-refractivity contribution in [2.24, 2.45) is 0 Å². The largest absolute Gasteiger partial charge is 0.497 e. The summed E-state index contributed by atoms with van der Waals surface area (Å²) in [6.07, 6.45) is 0.748. The van der Waals surface area contributed by atoms with Crippen LogP contribution in [0.15, 0.2) is 42.5 Å². The molecule has 0 N–H and O–H groups in total. The third-order valence-corrected chi connectivity index (χ3v) is 3.92. The summed E-state index contributed by atoms with van der Waals surface area (Å²) in [5.74, 6) is 0.850. The molecule has 0 bridgehead atoms. The molecule has 1 unspecified atom stereocenters. The molecular weight excluding hydrogens is 279 g/mol. The van der Waals surface area contributed by atoms with Gasteiger partial charge in [-0.25, -0.2) is 0 Å². The Bertz CT molecular complexity index is 566. The molecule has 0 amide bonds. The summed E-state index contributed by atoms with van der Waals surface area (Å²) in [5, 5.41) is 0.666. The Hall–Kier alpha value is -1.18. The molecule has 2 aromatic rings. The van der Waals surface area contributed by atoms with Crippen LogP contribution in [0.1, 0.15) is 22.1 Å². The van der Waals surface area contributed by atoms with Crippen LogP contribution in [0.3, 0.4) is 0 Å². The maximum Gasteiger partial charge on any atom is 0.119 e. The van der Waals surface area contributed by atoms with Crippen LogP contribution in [0.4, 0.5) is 0 Å². The predicted molar refractivity (Wildman–Crippen MR) is 81.5 cm³/mol. The molecule has 1 nitrogen and oxygen atoms in total. The first kappa shape index (κ1) is 14.2. The second-order valence-corrected chi connectivity index (χ2v) is 5.47. The van der Waals surface area contributed by atoms with E-state index in [-0.39, 0.29) is 5.38 Å². The molecule has 1 atom stereocenters. The fourth-order valence-corrected chi connectivity index (χ4v) is 2.43. The van der Waals surface area contributed by atoms with Gasteiger partial charge < -0.3 is 4.74 Å². The molecule has 2 rings (SSSR count). The summed E-state index contributed by atoms with van der Waals surface area (Å²) in [5.41, 5.74) is 3.26. The molecule has 3 heteroatoms. The third-order valence-electron chi connectivity index (χ3n) is 3.11. The van der Waals surface area contributed by atoms with E-state index in [0.717, 1.165) is 33.9 Å². The first-order valence-electron chi connectivity index (χ1n) is 6.13. The number of alkyl halides is 1. The van der Waals surface area contributed by atoms with Crippen molar-refractivity contribution in [3.63, 3.8) is 0 Å². The van der Waals surface area contributed by atoms with Gasteiger partial charge >= 0.3 is 0 Å². The molecule has 0 aliphatic rings. The van der Waals surface area contributed by atoms with Gasteiger partial charge in [-0.3, -0.25) is 0 Å². The van der Waals surface area contributed by atoms with Crippen molar-refractivity contribution >= 4 is 23.2 Å². The monoisotopic (exact) mass is 294 g/mol. The number of rotatable bonds is 4. The Morgan fingerprint density at radius 2 is 1.95 bits per heavy atom. The van der Waals surface area contributed by atoms with Gasteiger partial charge in [0.15, 0.2) is 0 Å². The Labute approximate surface area is 124 Å². The lowest BCUT2D eigenvalue weighted by molar-refractivity contribution is 0.414. The summed E-state index contributed by atoms with van der Waals surface area (Å²) >= 11 is 12.6. The average molecular weight is 295 g/mol. The molecular formula is C16H16Cl2O. The second kappa shape index (κ2) is 6.31. The van der Waals surface area contributed by atoms with Crippen LogP contribution in [0.5, 0.6) is 5.75 Å². The Balaban J connectivity index is 2.15. The van der Waals surface area contributed by atoms with Gasteiger partial charge in [-0.1, -0.05) is 35.9 Å². The maximum atomic E-state index is 6.46. The molecule has 0 fully saturated rings. The Morgan fingerprint density at radius 1 is 1.16 bits per heavy atom. The Morgan fingerprint density at radius 3 is 2.63 bits per heavy atom. The smallest absolute Gasteiger partial charge is 0.119 e. The van der Waals surface area contributed by atoms with Crippen molar-refractivity contribution in [2.75, 3.05) is 7.11 Å². The molecule has 0 radical (unpaired) electrons. The minimum atomic E-state index is -0.0924. The highest BCUT2D eigenvalue weighted by atomic mass is 35.5. The third kappa shape index (κ3) is 3.65. The van der Waals surface area contributed by atoms with E-state index in [1.54, 1.807) is 7.11 Å². The first-order chi connectivity index (χ1) is 9.10. The van der Waals surface area contributed by atoms with Gasteiger partial charge in [0.1, 0.15) is 5.75 Å². The van der Waals surface area contributed by atoms with Gasteiger partial charge in [-0.15, -0.1) is 11.6 Å². The summed E-state index contributed by atoms with van der Waals surface area (Å²) in [4.78, 5) is 0. The van der Waals surface area contributed by atoms with Gasteiger partial charge in [-0.05, 0) is 48.2 Å². The van der Waals surface area contributed by atoms with Crippen LogP contribution in [0.2, 0.25) is 5.02 Å². The SMILES string of the molecule is COc1cccc(CC(Cl)c2ccc(C)c(Cl)c2)c1.